The van der Waals surface area contributed by atoms with Crippen LogP contribution in [0.5, 0.6) is 0 Å². The Morgan fingerprint density at radius 2 is 1.61 bits per heavy atom. The molecule has 0 aliphatic carbocycles. The predicted molar refractivity (Wildman–Crippen MR) is 67.2 cm³/mol. The summed E-state index contributed by atoms with van der Waals surface area (Å²) in [6.45, 7) is 10.1. The summed E-state index contributed by atoms with van der Waals surface area (Å²) in [6, 6.07) is 0. The number of hydrogen-bond acceptors (Lipinski definition) is 5. The van der Waals surface area contributed by atoms with E-state index in [2.05, 4.69) is 25.6 Å². The molecule has 6 nitrogen and oxygen atoms in total. The number of carbonyl (C=O) groups excluding carboxylic acids is 1. The molecular formula is C12H27NO5. The summed E-state index contributed by atoms with van der Waals surface area (Å²) >= 11 is 0. The van der Waals surface area contributed by atoms with Crippen molar-refractivity contribution < 1.29 is 28.6 Å². The third-order valence-electron chi connectivity index (χ3n) is 2.90. The van der Waals surface area contributed by atoms with Crippen LogP contribution in [-0.2, 0) is 14.2 Å². The summed E-state index contributed by atoms with van der Waals surface area (Å²) < 4.78 is 15.0. The van der Waals surface area contributed by atoms with Crippen LogP contribution in [0.2, 0.25) is 0 Å². The summed E-state index contributed by atoms with van der Waals surface area (Å²) in [6.07, 6.45) is -1.50. The first-order valence-corrected chi connectivity index (χ1v) is 6.11. The molecule has 0 aliphatic rings. The molecule has 0 fully saturated rings. The molecule has 6 heteroatoms. The van der Waals surface area contributed by atoms with Crippen LogP contribution in [0.3, 0.4) is 0 Å². The summed E-state index contributed by atoms with van der Waals surface area (Å²) in [7, 11) is 5.00. The zero-order valence-corrected chi connectivity index (χ0v) is 12.2. The van der Waals surface area contributed by atoms with E-state index in [0.29, 0.717) is 13.2 Å². The second kappa shape index (κ2) is 12.6. The van der Waals surface area contributed by atoms with E-state index in [0.717, 1.165) is 24.7 Å². The van der Waals surface area contributed by atoms with Gasteiger partial charge in [0.05, 0.1) is 40.0 Å². The minimum absolute atomic E-state index is 0.696. The Morgan fingerprint density at radius 3 is 1.94 bits per heavy atom. The van der Waals surface area contributed by atoms with Crippen molar-refractivity contribution in [3.63, 3.8) is 0 Å². The van der Waals surface area contributed by atoms with E-state index < -0.39 is 6.16 Å². The first-order valence-electron chi connectivity index (χ1n) is 6.11. The van der Waals surface area contributed by atoms with Crippen molar-refractivity contribution >= 4 is 6.16 Å². The monoisotopic (exact) mass is 265 g/mol. The van der Waals surface area contributed by atoms with Crippen LogP contribution in [0.15, 0.2) is 0 Å². The molecule has 0 spiro atoms. The van der Waals surface area contributed by atoms with Gasteiger partial charge in [0, 0.05) is 14.2 Å². The van der Waals surface area contributed by atoms with Gasteiger partial charge in [0.2, 0.25) is 0 Å². The molecule has 0 atom stereocenters. The summed E-state index contributed by atoms with van der Waals surface area (Å²) in [5.41, 5.74) is 0. The number of quaternary nitrogens is 1. The predicted octanol–water partition coefficient (Wildman–Crippen LogP) is 0.112. The molecule has 0 bridgehead atoms. The number of nitrogens with zero attached hydrogens (tertiary/aromatic N) is 1. The fraction of sp³-hybridized carbons (Fsp3) is 0.917. The summed E-state index contributed by atoms with van der Waals surface area (Å²) in [4.78, 5) is 9.03. The number of ether oxygens (including phenoxy) is 3. The van der Waals surface area contributed by atoms with Crippen LogP contribution in [0, 0.1) is 0 Å². The van der Waals surface area contributed by atoms with Crippen molar-refractivity contribution in [1.82, 2.24) is 0 Å². The van der Waals surface area contributed by atoms with Gasteiger partial charge in [-0.2, -0.15) is 0 Å². The molecule has 0 aromatic heterocycles. The smallest absolute Gasteiger partial charge is 0.251 e. The molecule has 0 amide bonds. The van der Waals surface area contributed by atoms with Crippen molar-refractivity contribution in [1.29, 1.82) is 0 Å². The molecule has 0 unspecified atom stereocenters. The molecule has 18 heavy (non-hydrogen) atoms. The Balaban J connectivity index is 0. The molecule has 0 aromatic rings. The average molecular weight is 265 g/mol. The second-order valence-electron chi connectivity index (χ2n) is 4.03. The number of rotatable bonds is 8. The lowest BCUT2D eigenvalue weighted by molar-refractivity contribution is -0.906. The Morgan fingerprint density at radius 1 is 1.11 bits per heavy atom. The van der Waals surface area contributed by atoms with Crippen LogP contribution in [0.25, 0.3) is 0 Å². The SMILES string of the molecule is CC[N+](C)(CC)CCOCCOC.COC(=O)[O-]. The van der Waals surface area contributed by atoms with Gasteiger partial charge in [-0.1, -0.05) is 0 Å². The zero-order chi connectivity index (χ0) is 14.4. The normalized spacial score (nSPS) is 10.5. The molecule has 0 heterocycles. The minimum Gasteiger partial charge on any atom is -0.553 e. The lowest BCUT2D eigenvalue weighted by atomic mass is 10.4. The van der Waals surface area contributed by atoms with Gasteiger partial charge >= 0.3 is 0 Å². The number of carboxylic acid groups (broad SMARTS) is 1. The van der Waals surface area contributed by atoms with Gasteiger partial charge in [0.25, 0.3) is 6.16 Å². The van der Waals surface area contributed by atoms with Gasteiger partial charge in [-0.15, -0.1) is 0 Å². The standard InChI is InChI=1S/C10H24NO2.C2H4O3/c1-5-11(3,6-2)7-8-13-10-9-12-4;1-5-2(3)4/h5-10H2,1-4H3;1H3,(H,3,4)/q+1;/p-1. The lowest BCUT2D eigenvalue weighted by Gasteiger charge is -2.31. The summed E-state index contributed by atoms with van der Waals surface area (Å²) in [5.74, 6) is 0. The molecule has 0 saturated heterocycles. The van der Waals surface area contributed by atoms with Crippen molar-refractivity contribution in [2.45, 2.75) is 13.8 Å². The van der Waals surface area contributed by atoms with Crippen LogP contribution in [0.1, 0.15) is 13.8 Å². The highest BCUT2D eigenvalue weighted by Crippen LogP contribution is 1.99. The van der Waals surface area contributed by atoms with E-state index in [-0.39, 0.29) is 0 Å². The maximum Gasteiger partial charge on any atom is 0.251 e. The van der Waals surface area contributed by atoms with Crippen molar-refractivity contribution in [2.75, 3.05) is 60.7 Å². The van der Waals surface area contributed by atoms with Gasteiger partial charge in [-0.3, -0.25) is 0 Å². The topological polar surface area (TPSA) is 67.8 Å². The van der Waals surface area contributed by atoms with Gasteiger partial charge in [-0.05, 0) is 13.8 Å². The van der Waals surface area contributed by atoms with E-state index in [1.54, 1.807) is 7.11 Å². The van der Waals surface area contributed by atoms with E-state index in [9.17, 15) is 0 Å². The van der Waals surface area contributed by atoms with E-state index in [4.69, 9.17) is 19.4 Å². The highest BCUT2D eigenvalue weighted by atomic mass is 16.6. The van der Waals surface area contributed by atoms with Crippen molar-refractivity contribution in [2.24, 2.45) is 0 Å². The maximum atomic E-state index is 9.03. The number of methoxy groups -OCH3 is 2. The molecule has 0 aromatic carbocycles. The molecule has 0 saturated carbocycles. The number of hydrogen-bond donors (Lipinski definition) is 0. The largest absolute Gasteiger partial charge is 0.553 e. The highest BCUT2D eigenvalue weighted by molar-refractivity contribution is 5.53. The number of likely N-dealkylation sites (N-methyl/N-ethyl adjacent to an activating group) is 1. The van der Waals surface area contributed by atoms with Crippen LogP contribution in [-0.4, -0.2) is 71.4 Å². The lowest BCUT2D eigenvalue weighted by Crippen LogP contribution is -2.45. The number of carbonyl (C=O) groups is 1. The van der Waals surface area contributed by atoms with Gasteiger partial charge in [0.1, 0.15) is 6.54 Å². The van der Waals surface area contributed by atoms with Gasteiger partial charge in [0.15, 0.2) is 0 Å². The maximum absolute atomic E-state index is 9.03. The molecular weight excluding hydrogens is 238 g/mol. The van der Waals surface area contributed by atoms with Crippen molar-refractivity contribution in [3.8, 4) is 0 Å². The van der Waals surface area contributed by atoms with Crippen LogP contribution >= 0.6 is 0 Å². The Hall–Kier alpha value is -0.850. The molecule has 0 N–H and O–H groups in total. The van der Waals surface area contributed by atoms with Gasteiger partial charge < -0.3 is 28.6 Å². The van der Waals surface area contributed by atoms with E-state index in [1.165, 1.54) is 13.1 Å². The van der Waals surface area contributed by atoms with Crippen molar-refractivity contribution in [3.05, 3.63) is 0 Å². The fourth-order valence-corrected chi connectivity index (χ4v) is 1.07. The molecule has 0 radical (unpaired) electrons. The van der Waals surface area contributed by atoms with E-state index >= 15 is 0 Å². The third-order valence-corrected chi connectivity index (χ3v) is 2.90. The molecule has 0 aliphatic heterocycles. The van der Waals surface area contributed by atoms with Gasteiger partial charge in [-0.25, -0.2) is 0 Å². The Labute approximate surface area is 110 Å². The fourth-order valence-electron chi connectivity index (χ4n) is 1.07. The average Bonchev–Trinajstić information content (AvgIpc) is 2.39. The van der Waals surface area contributed by atoms with E-state index in [1.807, 2.05) is 0 Å². The molecule has 110 valence electrons. The molecule has 0 rings (SSSR count). The first-order chi connectivity index (χ1) is 8.45. The zero-order valence-electron chi connectivity index (χ0n) is 12.2. The second-order valence-corrected chi connectivity index (χ2v) is 4.03. The highest BCUT2D eigenvalue weighted by Gasteiger charge is 2.15. The van der Waals surface area contributed by atoms with Crippen LogP contribution < -0.4 is 5.11 Å². The minimum atomic E-state index is -1.50. The Bertz CT molecular complexity index is 195. The van der Waals surface area contributed by atoms with Crippen LogP contribution in [0.4, 0.5) is 4.79 Å². The Kier molecular flexibility index (Phi) is 13.6. The summed E-state index contributed by atoms with van der Waals surface area (Å²) in [5, 5.41) is 9.03. The quantitative estimate of drug-likeness (QED) is 0.354. The third kappa shape index (κ3) is 13.2. The first kappa shape index (κ1) is 19.5.